The Morgan fingerprint density at radius 1 is 1.04 bits per heavy atom. The highest BCUT2D eigenvalue weighted by Crippen LogP contribution is 2.40. The van der Waals surface area contributed by atoms with Gasteiger partial charge in [-0.25, -0.2) is 9.41 Å². The Bertz CT molecular complexity index is 1150. The van der Waals surface area contributed by atoms with E-state index in [4.69, 9.17) is 11.0 Å². The summed E-state index contributed by atoms with van der Waals surface area (Å²) < 4.78 is 8.34. The number of benzene rings is 2. The number of fused-ring (bicyclic) bond motifs is 3. The van der Waals surface area contributed by atoms with Crippen LogP contribution in [0.4, 0.5) is 5.69 Å². The number of hydrogen-bond acceptors (Lipinski definition) is 1. The first-order chi connectivity index (χ1) is 11.6. The van der Waals surface area contributed by atoms with Gasteiger partial charge in [-0.15, -0.1) is 0 Å². The number of aryl methyl sites for hydroxylation is 3. The van der Waals surface area contributed by atoms with Gasteiger partial charge >= 0.3 is 0 Å². The summed E-state index contributed by atoms with van der Waals surface area (Å²) in [6.07, 6.45) is 2.04. The van der Waals surface area contributed by atoms with Crippen LogP contribution >= 0.6 is 0 Å². The highest BCUT2D eigenvalue weighted by molar-refractivity contribution is 6.12. The maximum Gasteiger partial charge on any atom is 0.216 e. The van der Waals surface area contributed by atoms with Gasteiger partial charge in [-0.2, -0.15) is 0 Å². The first kappa shape index (κ1) is 14.5. The van der Waals surface area contributed by atoms with Crippen molar-refractivity contribution in [1.82, 2.24) is 0 Å². The third kappa shape index (κ3) is 1.93. The standard InChI is InChI=1S/C21H17N2O/c1-13-8-9-15-20-14(2)16(22-3)10-11-18(20)24-21(15)19(13)17-7-5-6-12-23(17)4/h5-12H,1-2,4H3/q+1. The van der Waals surface area contributed by atoms with Crippen LogP contribution in [-0.2, 0) is 7.05 Å². The lowest BCUT2D eigenvalue weighted by Crippen LogP contribution is -2.30. The molecular weight excluding hydrogens is 296 g/mol. The predicted molar refractivity (Wildman–Crippen MR) is 96.1 cm³/mol. The molecule has 0 unspecified atom stereocenters. The summed E-state index contributed by atoms with van der Waals surface area (Å²) in [4.78, 5) is 3.62. The van der Waals surface area contributed by atoms with Crippen molar-refractivity contribution in [3.05, 3.63) is 71.2 Å². The van der Waals surface area contributed by atoms with E-state index in [1.807, 2.05) is 44.4 Å². The summed E-state index contributed by atoms with van der Waals surface area (Å²) in [7, 11) is 2.04. The highest BCUT2D eigenvalue weighted by atomic mass is 16.3. The molecule has 0 saturated carbocycles. The second-order valence-corrected chi connectivity index (χ2v) is 6.13. The second kappa shape index (κ2) is 5.21. The minimum absolute atomic E-state index is 0.678. The molecule has 0 spiro atoms. The Balaban J connectivity index is 2.19. The molecule has 2 aromatic heterocycles. The quantitative estimate of drug-likeness (QED) is 0.347. The fourth-order valence-corrected chi connectivity index (χ4v) is 3.41. The largest absolute Gasteiger partial charge is 0.455 e. The van der Waals surface area contributed by atoms with Gasteiger partial charge in [0.15, 0.2) is 11.9 Å². The lowest BCUT2D eigenvalue weighted by Gasteiger charge is -2.05. The molecule has 0 aliphatic rings. The summed E-state index contributed by atoms with van der Waals surface area (Å²) >= 11 is 0. The van der Waals surface area contributed by atoms with Crippen molar-refractivity contribution < 1.29 is 8.98 Å². The van der Waals surface area contributed by atoms with Crippen molar-refractivity contribution in [1.29, 1.82) is 0 Å². The average molecular weight is 313 g/mol. The van der Waals surface area contributed by atoms with Crippen molar-refractivity contribution in [3.63, 3.8) is 0 Å². The molecule has 3 heteroatoms. The molecule has 0 fully saturated rings. The molecule has 116 valence electrons. The van der Waals surface area contributed by atoms with E-state index in [0.29, 0.717) is 5.69 Å². The molecule has 4 aromatic rings. The summed E-state index contributed by atoms with van der Waals surface area (Å²) in [5.74, 6) is 0. The first-order valence-corrected chi connectivity index (χ1v) is 7.89. The van der Waals surface area contributed by atoms with Gasteiger partial charge in [-0.1, -0.05) is 18.2 Å². The van der Waals surface area contributed by atoms with Crippen LogP contribution in [0.5, 0.6) is 0 Å². The zero-order valence-corrected chi connectivity index (χ0v) is 13.9. The molecule has 0 amide bonds. The van der Waals surface area contributed by atoms with Crippen LogP contribution in [0.2, 0.25) is 0 Å². The van der Waals surface area contributed by atoms with Crippen LogP contribution < -0.4 is 4.57 Å². The van der Waals surface area contributed by atoms with Crippen molar-refractivity contribution >= 4 is 27.6 Å². The molecule has 3 nitrogen and oxygen atoms in total. The van der Waals surface area contributed by atoms with Crippen LogP contribution in [0, 0.1) is 20.4 Å². The third-order valence-corrected chi connectivity index (χ3v) is 4.68. The van der Waals surface area contributed by atoms with Crippen molar-refractivity contribution in [2.75, 3.05) is 0 Å². The van der Waals surface area contributed by atoms with E-state index in [1.54, 1.807) is 0 Å². The Hall–Kier alpha value is -3.12. The van der Waals surface area contributed by atoms with Crippen LogP contribution in [0.1, 0.15) is 11.1 Å². The third-order valence-electron chi connectivity index (χ3n) is 4.68. The van der Waals surface area contributed by atoms with E-state index in [1.165, 1.54) is 5.56 Å². The number of hydrogen-bond donors (Lipinski definition) is 0. The average Bonchev–Trinajstić information content (AvgIpc) is 2.95. The Morgan fingerprint density at radius 3 is 2.62 bits per heavy atom. The summed E-state index contributed by atoms with van der Waals surface area (Å²) in [6.45, 7) is 11.4. The van der Waals surface area contributed by atoms with E-state index in [-0.39, 0.29) is 0 Å². The van der Waals surface area contributed by atoms with Crippen LogP contribution in [-0.4, -0.2) is 0 Å². The Kier molecular flexibility index (Phi) is 3.14. The lowest BCUT2D eigenvalue weighted by molar-refractivity contribution is -0.660. The fraction of sp³-hybridized carbons (Fsp3) is 0.143. The second-order valence-electron chi connectivity index (χ2n) is 6.13. The molecule has 0 aliphatic carbocycles. The van der Waals surface area contributed by atoms with Gasteiger partial charge in [0.25, 0.3) is 0 Å². The van der Waals surface area contributed by atoms with Crippen LogP contribution in [0.15, 0.2) is 53.1 Å². The zero-order valence-electron chi connectivity index (χ0n) is 13.9. The van der Waals surface area contributed by atoms with Crippen molar-refractivity contribution in [2.45, 2.75) is 13.8 Å². The van der Waals surface area contributed by atoms with Gasteiger partial charge < -0.3 is 4.42 Å². The molecule has 0 radical (unpaired) electrons. The molecule has 0 N–H and O–H groups in total. The van der Waals surface area contributed by atoms with Gasteiger partial charge in [-0.3, -0.25) is 0 Å². The molecule has 24 heavy (non-hydrogen) atoms. The molecule has 4 rings (SSSR count). The molecule has 0 aliphatic heterocycles. The maximum atomic E-state index is 7.35. The summed E-state index contributed by atoms with van der Waals surface area (Å²) in [5.41, 5.74) is 6.77. The van der Waals surface area contributed by atoms with Crippen molar-refractivity contribution in [2.24, 2.45) is 7.05 Å². The molecular formula is C21H17N2O+. The molecule has 0 atom stereocenters. The Labute approximate surface area is 140 Å². The van der Waals surface area contributed by atoms with E-state index in [0.717, 1.165) is 38.8 Å². The van der Waals surface area contributed by atoms with Gasteiger partial charge in [0.05, 0.1) is 12.1 Å². The molecule has 0 saturated heterocycles. The number of furan rings is 1. The number of aromatic nitrogens is 1. The maximum absolute atomic E-state index is 7.35. The van der Waals surface area contributed by atoms with E-state index in [9.17, 15) is 0 Å². The number of rotatable bonds is 1. The topological polar surface area (TPSA) is 21.4 Å². The Morgan fingerprint density at radius 2 is 1.88 bits per heavy atom. The van der Waals surface area contributed by atoms with Crippen molar-refractivity contribution in [3.8, 4) is 11.3 Å². The van der Waals surface area contributed by atoms with E-state index in [2.05, 4.69) is 34.5 Å². The monoisotopic (exact) mass is 313 g/mol. The molecule has 0 bridgehead atoms. The smallest absolute Gasteiger partial charge is 0.216 e. The van der Waals surface area contributed by atoms with Crippen LogP contribution in [0.25, 0.3) is 38.0 Å². The van der Waals surface area contributed by atoms with E-state index >= 15 is 0 Å². The minimum Gasteiger partial charge on any atom is -0.455 e. The predicted octanol–water partition coefficient (Wildman–Crippen LogP) is 5.25. The minimum atomic E-state index is 0.678. The van der Waals surface area contributed by atoms with E-state index < -0.39 is 0 Å². The summed E-state index contributed by atoms with van der Waals surface area (Å²) in [5, 5.41) is 2.11. The van der Waals surface area contributed by atoms with Gasteiger partial charge in [0, 0.05) is 22.9 Å². The van der Waals surface area contributed by atoms with Gasteiger partial charge in [-0.05, 0) is 37.1 Å². The number of nitrogens with zero attached hydrogens (tertiary/aromatic N) is 2. The molecule has 2 aromatic carbocycles. The molecule has 2 heterocycles. The normalized spacial score (nSPS) is 11.1. The SMILES string of the molecule is [C-]#[N+]c1ccc2oc3c(-c4cccc[n+]4C)c(C)ccc3c2c1C. The fourth-order valence-electron chi connectivity index (χ4n) is 3.41. The van der Waals surface area contributed by atoms with Gasteiger partial charge in [0.2, 0.25) is 5.69 Å². The van der Waals surface area contributed by atoms with Gasteiger partial charge in [0.1, 0.15) is 18.2 Å². The zero-order chi connectivity index (χ0) is 16.8. The first-order valence-electron chi connectivity index (χ1n) is 7.89. The van der Waals surface area contributed by atoms with Crippen LogP contribution in [0.3, 0.4) is 0 Å². The highest BCUT2D eigenvalue weighted by Gasteiger charge is 2.21. The summed E-state index contributed by atoms with van der Waals surface area (Å²) in [6, 6.07) is 14.1. The number of pyridine rings is 1. The lowest BCUT2D eigenvalue weighted by atomic mass is 9.99.